The minimum Gasteiger partial charge on any atom is -0.497 e. The predicted molar refractivity (Wildman–Crippen MR) is 82.9 cm³/mol. The lowest BCUT2D eigenvalue weighted by Crippen LogP contribution is -2.01. The van der Waals surface area contributed by atoms with Crippen LogP contribution >= 0.6 is 0 Å². The number of fused-ring (bicyclic) bond motifs is 5. The molecule has 104 valence electrons. The Kier molecular flexibility index (Phi) is 2.33. The Balaban J connectivity index is 2.22. The number of H-pyrrole nitrogens is 1. The van der Waals surface area contributed by atoms with Crippen LogP contribution in [-0.4, -0.2) is 21.9 Å². The topological polar surface area (TPSA) is 59.9 Å². The van der Waals surface area contributed by atoms with E-state index in [-0.39, 0.29) is 5.56 Å². The summed E-state index contributed by atoms with van der Waals surface area (Å²) in [5.74, 6) is 0.817. The van der Waals surface area contributed by atoms with Gasteiger partial charge in [0.2, 0.25) is 0 Å². The predicted octanol–water partition coefficient (Wildman–Crippen LogP) is 2.58. The molecule has 0 aliphatic heterocycles. The van der Waals surface area contributed by atoms with E-state index in [9.17, 15) is 4.79 Å². The van der Waals surface area contributed by atoms with Gasteiger partial charge in [-0.2, -0.15) is 0 Å². The van der Waals surface area contributed by atoms with Crippen LogP contribution in [0.25, 0.3) is 32.6 Å². The lowest BCUT2D eigenvalue weighted by Gasteiger charge is -2.07. The van der Waals surface area contributed by atoms with Crippen LogP contribution in [0.2, 0.25) is 0 Å². The molecule has 4 aromatic rings. The van der Waals surface area contributed by atoms with Crippen molar-refractivity contribution in [1.29, 1.82) is 0 Å². The smallest absolute Gasteiger partial charge is 0.273 e. The highest BCUT2D eigenvalue weighted by Crippen LogP contribution is 2.30. The first-order valence-electron chi connectivity index (χ1n) is 6.63. The Morgan fingerprint density at radius 1 is 1.14 bits per heavy atom. The van der Waals surface area contributed by atoms with E-state index in [0.717, 1.165) is 32.9 Å². The van der Waals surface area contributed by atoms with Gasteiger partial charge in [-0.1, -0.05) is 6.07 Å². The van der Waals surface area contributed by atoms with Crippen molar-refractivity contribution in [2.75, 3.05) is 7.11 Å². The summed E-state index contributed by atoms with van der Waals surface area (Å²) in [4.78, 5) is 16.4. The molecule has 0 atom stereocenters. The van der Waals surface area contributed by atoms with Gasteiger partial charge in [0.1, 0.15) is 5.75 Å². The first-order valence-corrected chi connectivity index (χ1v) is 6.63. The number of aryl methyl sites for hydroxylation is 1. The van der Waals surface area contributed by atoms with Gasteiger partial charge in [0.15, 0.2) is 0 Å². The lowest BCUT2D eigenvalue weighted by molar-refractivity contribution is 0.415. The zero-order valence-electron chi connectivity index (χ0n) is 11.7. The normalized spacial score (nSPS) is 11.5. The standard InChI is InChI=1S/C16H13N3O2/c1-19-15-12-5-3-9-7-10(21-2)4-6-11(9)14(12)17-8-13(15)16(20)18-19/h3-8H,1-2H3,(H,18,20). The third-order valence-corrected chi connectivity index (χ3v) is 3.88. The zero-order chi connectivity index (χ0) is 14.6. The summed E-state index contributed by atoms with van der Waals surface area (Å²) in [6.07, 6.45) is 1.64. The SMILES string of the molecule is COc1ccc2c(ccc3c2ncc2c(=O)[nH]n(C)c23)c1. The number of hydrogen-bond acceptors (Lipinski definition) is 3. The van der Waals surface area contributed by atoms with Crippen molar-refractivity contribution in [2.24, 2.45) is 7.05 Å². The van der Waals surface area contributed by atoms with Crippen LogP contribution in [0.15, 0.2) is 41.3 Å². The van der Waals surface area contributed by atoms with Gasteiger partial charge in [-0.3, -0.25) is 19.6 Å². The van der Waals surface area contributed by atoms with Crippen molar-refractivity contribution in [1.82, 2.24) is 14.8 Å². The highest BCUT2D eigenvalue weighted by molar-refractivity contribution is 6.13. The van der Waals surface area contributed by atoms with Crippen molar-refractivity contribution in [3.05, 3.63) is 46.9 Å². The summed E-state index contributed by atoms with van der Waals surface area (Å²) in [7, 11) is 3.49. The third kappa shape index (κ3) is 1.57. The summed E-state index contributed by atoms with van der Waals surface area (Å²) in [5.41, 5.74) is 1.65. The van der Waals surface area contributed by atoms with Gasteiger partial charge >= 0.3 is 0 Å². The molecule has 0 unspecified atom stereocenters. The fourth-order valence-electron chi connectivity index (χ4n) is 2.88. The van der Waals surface area contributed by atoms with Crippen LogP contribution in [0, 0.1) is 0 Å². The largest absolute Gasteiger partial charge is 0.497 e. The molecule has 1 N–H and O–H groups in total. The van der Waals surface area contributed by atoms with E-state index in [2.05, 4.69) is 10.1 Å². The highest BCUT2D eigenvalue weighted by atomic mass is 16.5. The van der Waals surface area contributed by atoms with Crippen LogP contribution in [0.5, 0.6) is 5.75 Å². The second-order valence-corrected chi connectivity index (χ2v) is 5.07. The van der Waals surface area contributed by atoms with Crippen molar-refractivity contribution in [3.8, 4) is 5.75 Å². The van der Waals surface area contributed by atoms with Crippen LogP contribution in [0.1, 0.15) is 0 Å². The molecule has 5 nitrogen and oxygen atoms in total. The van der Waals surface area contributed by atoms with E-state index >= 15 is 0 Å². The molecule has 0 radical (unpaired) electrons. The summed E-state index contributed by atoms with van der Waals surface area (Å²) in [6.45, 7) is 0. The maximum atomic E-state index is 11.9. The quantitative estimate of drug-likeness (QED) is 0.545. The molecule has 21 heavy (non-hydrogen) atoms. The van der Waals surface area contributed by atoms with Gasteiger partial charge in [0, 0.05) is 24.0 Å². The summed E-state index contributed by atoms with van der Waals surface area (Å²) in [5, 5.41) is 6.46. The summed E-state index contributed by atoms with van der Waals surface area (Å²) in [6, 6.07) is 9.93. The molecule has 2 heterocycles. The Morgan fingerprint density at radius 3 is 2.76 bits per heavy atom. The molecular weight excluding hydrogens is 266 g/mol. The van der Waals surface area contributed by atoms with E-state index in [0.29, 0.717) is 5.39 Å². The van der Waals surface area contributed by atoms with Crippen LogP contribution in [-0.2, 0) is 7.05 Å². The fourth-order valence-corrected chi connectivity index (χ4v) is 2.88. The molecule has 0 fully saturated rings. The fraction of sp³-hybridized carbons (Fsp3) is 0.125. The second kappa shape index (κ2) is 4.09. The third-order valence-electron chi connectivity index (χ3n) is 3.88. The Bertz CT molecular complexity index is 1060. The number of aromatic amines is 1. The maximum Gasteiger partial charge on any atom is 0.273 e. The number of aromatic nitrogens is 3. The average Bonchev–Trinajstić information content (AvgIpc) is 2.81. The average molecular weight is 279 g/mol. The van der Waals surface area contributed by atoms with Gasteiger partial charge in [0.25, 0.3) is 5.56 Å². The number of ether oxygens (including phenoxy) is 1. The van der Waals surface area contributed by atoms with Crippen molar-refractivity contribution >= 4 is 32.6 Å². The van der Waals surface area contributed by atoms with E-state index < -0.39 is 0 Å². The van der Waals surface area contributed by atoms with Gasteiger partial charge in [0.05, 0.1) is 23.5 Å². The summed E-state index contributed by atoms with van der Waals surface area (Å²) >= 11 is 0. The van der Waals surface area contributed by atoms with Gasteiger partial charge in [-0.25, -0.2) is 0 Å². The number of benzene rings is 2. The van der Waals surface area contributed by atoms with Crippen LogP contribution in [0.4, 0.5) is 0 Å². The Morgan fingerprint density at radius 2 is 1.95 bits per heavy atom. The van der Waals surface area contributed by atoms with Crippen molar-refractivity contribution in [2.45, 2.75) is 0 Å². The minimum atomic E-state index is -0.114. The molecule has 0 saturated carbocycles. The molecule has 0 aliphatic rings. The second-order valence-electron chi connectivity index (χ2n) is 5.07. The van der Waals surface area contributed by atoms with Gasteiger partial charge in [-0.05, 0) is 29.7 Å². The van der Waals surface area contributed by atoms with E-state index in [1.54, 1.807) is 18.0 Å². The molecule has 0 aliphatic carbocycles. The van der Waals surface area contributed by atoms with Crippen molar-refractivity contribution < 1.29 is 4.74 Å². The van der Waals surface area contributed by atoms with Crippen LogP contribution < -0.4 is 10.3 Å². The first kappa shape index (κ1) is 12.0. The maximum absolute atomic E-state index is 11.9. The molecule has 4 rings (SSSR count). The minimum absolute atomic E-state index is 0.114. The van der Waals surface area contributed by atoms with E-state index in [4.69, 9.17) is 4.74 Å². The van der Waals surface area contributed by atoms with Gasteiger partial charge in [-0.15, -0.1) is 0 Å². The molecule has 0 saturated heterocycles. The molecule has 2 aromatic heterocycles. The van der Waals surface area contributed by atoms with Crippen molar-refractivity contribution in [3.63, 3.8) is 0 Å². The monoisotopic (exact) mass is 279 g/mol. The first-order chi connectivity index (χ1) is 10.2. The number of pyridine rings is 1. The number of nitrogens with zero attached hydrogens (tertiary/aromatic N) is 2. The Hall–Kier alpha value is -2.82. The number of rotatable bonds is 1. The molecule has 0 bridgehead atoms. The number of methoxy groups -OCH3 is 1. The lowest BCUT2D eigenvalue weighted by atomic mass is 10.0. The van der Waals surface area contributed by atoms with E-state index in [1.807, 2.05) is 37.4 Å². The Labute approximate surface area is 119 Å². The highest BCUT2D eigenvalue weighted by Gasteiger charge is 2.11. The van der Waals surface area contributed by atoms with Gasteiger partial charge < -0.3 is 4.74 Å². The zero-order valence-corrected chi connectivity index (χ0v) is 11.7. The van der Waals surface area contributed by atoms with Crippen LogP contribution in [0.3, 0.4) is 0 Å². The molecule has 0 amide bonds. The number of hydrogen-bond donors (Lipinski definition) is 1. The summed E-state index contributed by atoms with van der Waals surface area (Å²) < 4.78 is 7.00. The molecular formula is C16H13N3O2. The number of nitrogens with one attached hydrogen (secondary N) is 1. The van der Waals surface area contributed by atoms with E-state index in [1.165, 1.54) is 0 Å². The molecule has 5 heteroatoms. The molecule has 2 aromatic carbocycles. The molecule has 0 spiro atoms.